The van der Waals surface area contributed by atoms with E-state index in [1.54, 1.807) is 39.0 Å². The first-order valence-electron chi connectivity index (χ1n) is 12.8. The Balaban J connectivity index is 1.60. The van der Waals surface area contributed by atoms with E-state index in [-0.39, 0.29) is 42.2 Å². The highest BCUT2D eigenvalue weighted by molar-refractivity contribution is 7.89. The molecule has 206 valence electrons. The number of halogens is 2. The van der Waals surface area contributed by atoms with Gasteiger partial charge in [-0.25, -0.2) is 22.2 Å². The standard InChI is InChI=1S/C26H38F2N4O4S/c1-24(2,3)22-29-20-13-19(7-8-21(20)31(22)14-17-9-11-26(27,28)12-10-17)37(35,36)30-15-18(16-30)32(23(33)34)25(4,5)6/h7-8,13,17-18H,9-12,14-16H2,1-6H3,(H,33,34)/p-1. The molecule has 1 aromatic carbocycles. The molecule has 4 rings (SSSR count). The molecule has 1 aliphatic heterocycles. The summed E-state index contributed by atoms with van der Waals surface area (Å²) in [7, 11) is -3.85. The zero-order valence-corrected chi connectivity index (χ0v) is 23.2. The average molecular weight is 540 g/mol. The topological polar surface area (TPSA) is 98.6 Å². The molecule has 2 aromatic rings. The molecule has 0 N–H and O–H groups in total. The van der Waals surface area contributed by atoms with Gasteiger partial charge in [0.15, 0.2) is 0 Å². The Kier molecular flexibility index (Phi) is 6.89. The maximum absolute atomic E-state index is 13.7. The number of nitrogens with zero attached hydrogens (tertiary/aromatic N) is 4. The van der Waals surface area contributed by atoms with Crippen LogP contribution in [0.4, 0.5) is 13.6 Å². The molecule has 0 bridgehead atoms. The van der Waals surface area contributed by atoms with Crippen molar-refractivity contribution >= 4 is 27.1 Å². The predicted octanol–water partition coefficient (Wildman–Crippen LogP) is 3.98. The number of benzene rings is 1. The van der Waals surface area contributed by atoms with Gasteiger partial charge in [-0.2, -0.15) is 4.31 Å². The first-order valence-corrected chi connectivity index (χ1v) is 14.2. The number of carboxylic acid groups (broad SMARTS) is 1. The van der Waals surface area contributed by atoms with Crippen molar-refractivity contribution in [2.75, 3.05) is 13.1 Å². The first kappa shape index (κ1) is 27.8. The number of rotatable bonds is 5. The zero-order chi connectivity index (χ0) is 27.6. The van der Waals surface area contributed by atoms with Gasteiger partial charge in [-0.15, -0.1) is 0 Å². The Morgan fingerprint density at radius 3 is 2.24 bits per heavy atom. The SMILES string of the molecule is CC(C)(C)c1nc2cc(S(=O)(=O)N3CC(N(C(=O)[O-])C(C)(C)C)C3)ccc2n1CC1CCC(F)(F)CC1. The van der Waals surface area contributed by atoms with Crippen LogP contribution >= 0.6 is 0 Å². The van der Waals surface area contributed by atoms with E-state index in [0.29, 0.717) is 24.9 Å². The molecule has 0 spiro atoms. The van der Waals surface area contributed by atoms with Crippen LogP contribution in [-0.4, -0.2) is 63.9 Å². The molecule has 1 aliphatic carbocycles. The van der Waals surface area contributed by atoms with Crippen LogP contribution in [-0.2, 0) is 22.0 Å². The van der Waals surface area contributed by atoms with E-state index in [9.17, 15) is 27.1 Å². The lowest BCUT2D eigenvalue weighted by Crippen LogP contribution is -2.68. The second kappa shape index (κ2) is 9.18. The van der Waals surface area contributed by atoms with E-state index in [1.165, 1.54) is 9.21 Å². The quantitative estimate of drug-likeness (QED) is 0.573. The zero-order valence-electron chi connectivity index (χ0n) is 22.4. The van der Waals surface area contributed by atoms with Gasteiger partial charge in [0.25, 0.3) is 0 Å². The molecule has 37 heavy (non-hydrogen) atoms. The fourth-order valence-electron chi connectivity index (χ4n) is 5.46. The van der Waals surface area contributed by atoms with Crippen molar-refractivity contribution in [1.82, 2.24) is 18.8 Å². The van der Waals surface area contributed by atoms with Crippen LogP contribution in [0.15, 0.2) is 23.1 Å². The summed E-state index contributed by atoms with van der Waals surface area (Å²) in [5, 5.41) is 11.6. The Morgan fingerprint density at radius 2 is 1.73 bits per heavy atom. The van der Waals surface area contributed by atoms with Gasteiger partial charge in [0, 0.05) is 43.4 Å². The van der Waals surface area contributed by atoms with Crippen LogP contribution in [0.5, 0.6) is 0 Å². The van der Waals surface area contributed by atoms with Crippen LogP contribution in [0.25, 0.3) is 11.0 Å². The van der Waals surface area contributed by atoms with Crippen LogP contribution in [0, 0.1) is 5.92 Å². The molecule has 0 radical (unpaired) electrons. The molecule has 2 heterocycles. The van der Waals surface area contributed by atoms with Crippen molar-refractivity contribution in [1.29, 1.82) is 0 Å². The van der Waals surface area contributed by atoms with Gasteiger partial charge in [0.05, 0.1) is 22.0 Å². The van der Waals surface area contributed by atoms with E-state index in [1.807, 2.05) is 20.8 Å². The van der Waals surface area contributed by atoms with Crippen molar-refractivity contribution in [2.24, 2.45) is 5.92 Å². The summed E-state index contributed by atoms with van der Waals surface area (Å²) >= 11 is 0. The van der Waals surface area contributed by atoms with Gasteiger partial charge in [0.2, 0.25) is 15.9 Å². The van der Waals surface area contributed by atoms with Gasteiger partial charge in [-0.1, -0.05) is 20.8 Å². The van der Waals surface area contributed by atoms with E-state index in [2.05, 4.69) is 4.57 Å². The van der Waals surface area contributed by atoms with Crippen molar-refractivity contribution in [3.63, 3.8) is 0 Å². The molecule has 1 aromatic heterocycles. The minimum atomic E-state index is -3.85. The Bertz CT molecular complexity index is 1280. The number of fused-ring (bicyclic) bond motifs is 1. The lowest BCUT2D eigenvalue weighted by Gasteiger charge is -2.51. The molecule has 0 unspecified atom stereocenters. The van der Waals surface area contributed by atoms with Crippen molar-refractivity contribution < 1.29 is 27.1 Å². The second-order valence-corrected chi connectivity index (χ2v) is 14.5. The molecule has 2 fully saturated rings. The summed E-state index contributed by atoms with van der Waals surface area (Å²) in [6, 6.07) is 4.37. The van der Waals surface area contributed by atoms with E-state index in [0.717, 1.165) is 11.3 Å². The maximum Gasteiger partial charge on any atom is 0.248 e. The largest absolute Gasteiger partial charge is 0.530 e. The molecular weight excluding hydrogens is 502 g/mol. The maximum atomic E-state index is 13.7. The third-order valence-electron chi connectivity index (χ3n) is 7.42. The van der Waals surface area contributed by atoms with Gasteiger partial charge in [-0.3, -0.25) is 0 Å². The lowest BCUT2D eigenvalue weighted by molar-refractivity contribution is -0.275. The molecule has 2 aliphatic rings. The normalized spacial score (nSPS) is 20.2. The number of sulfonamides is 1. The molecular formula is C26H37F2N4O4S-. The number of alkyl halides is 2. The predicted molar refractivity (Wildman–Crippen MR) is 135 cm³/mol. The van der Waals surface area contributed by atoms with Gasteiger partial charge in [0.1, 0.15) is 11.9 Å². The molecule has 1 amide bonds. The Labute approximate surface area is 217 Å². The second-order valence-electron chi connectivity index (χ2n) is 12.5. The third-order valence-corrected chi connectivity index (χ3v) is 9.25. The monoisotopic (exact) mass is 539 g/mol. The molecule has 11 heteroatoms. The number of hydrogen-bond acceptors (Lipinski definition) is 5. The average Bonchev–Trinajstić information content (AvgIpc) is 3.08. The van der Waals surface area contributed by atoms with E-state index < -0.39 is 33.6 Å². The minimum Gasteiger partial charge on any atom is -0.530 e. The van der Waals surface area contributed by atoms with Gasteiger partial charge >= 0.3 is 0 Å². The van der Waals surface area contributed by atoms with Gasteiger partial charge in [-0.05, 0) is 57.7 Å². The van der Waals surface area contributed by atoms with E-state index in [4.69, 9.17) is 4.98 Å². The van der Waals surface area contributed by atoms with Gasteiger partial charge < -0.3 is 19.4 Å². The summed E-state index contributed by atoms with van der Waals surface area (Å²) in [5.74, 6) is -1.70. The first-order chi connectivity index (χ1) is 16.9. The Morgan fingerprint density at radius 1 is 1.14 bits per heavy atom. The summed E-state index contributed by atoms with van der Waals surface area (Å²) < 4.78 is 57.4. The smallest absolute Gasteiger partial charge is 0.248 e. The van der Waals surface area contributed by atoms with Crippen molar-refractivity contribution in [3.8, 4) is 0 Å². The summed E-state index contributed by atoms with van der Waals surface area (Å²) in [4.78, 5) is 17.7. The number of hydrogen-bond donors (Lipinski definition) is 0. The highest BCUT2D eigenvalue weighted by atomic mass is 32.2. The van der Waals surface area contributed by atoms with Crippen LogP contribution in [0.2, 0.25) is 0 Å². The fraction of sp³-hybridized carbons (Fsp3) is 0.692. The van der Waals surface area contributed by atoms with E-state index >= 15 is 0 Å². The molecule has 8 nitrogen and oxygen atoms in total. The minimum absolute atomic E-state index is 0.0552. The lowest BCUT2D eigenvalue weighted by atomic mass is 9.86. The molecule has 1 saturated heterocycles. The number of imidazole rings is 1. The third kappa shape index (κ3) is 5.48. The van der Waals surface area contributed by atoms with Crippen LogP contribution < -0.4 is 5.11 Å². The van der Waals surface area contributed by atoms with Crippen LogP contribution in [0.3, 0.4) is 0 Å². The summed E-state index contributed by atoms with van der Waals surface area (Å²) in [6.45, 7) is 12.0. The number of aromatic nitrogens is 2. The van der Waals surface area contributed by atoms with Crippen molar-refractivity contribution in [2.45, 2.75) is 102 Å². The number of amides is 1. The fourth-order valence-corrected chi connectivity index (χ4v) is 7.00. The molecule has 1 saturated carbocycles. The summed E-state index contributed by atoms with van der Waals surface area (Å²) in [5.41, 5.74) is 0.277. The number of carbonyl (C=O) groups is 1. The Hall–Kier alpha value is -2.27. The van der Waals surface area contributed by atoms with Crippen molar-refractivity contribution in [3.05, 3.63) is 24.0 Å². The summed E-state index contributed by atoms with van der Waals surface area (Å²) in [6.07, 6.45) is -0.664. The highest BCUT2D eigenvalue weighted by Gasteiger charge is 2.43. The molecule has 0 atom stereocenters. The highest BCUT2D eigenvalue weighted by Crippen LogP contribution is 2.38. The number of carbonyl (C=O) groups excluding carboxylic acids is 1. The van der Waals surface area contributed by atoms with Crippen LogP contribution in [0.1, 0.15) is 73.1 Å².